The van der Waals surface area contributed by atoms with Gasteiger partial charge in [0.2, 0.25) is 0 Å². The number of carbonyl (C=O) groups excluding carboxylic acids is 1. The second kappa shape index (κ2) is 12.3. The van der Waals surface area contributed by atoms with Gasteiger partial charge in [-0.25, -0.2) is 20.5 Å². The van der Waals surface area contributed by atoms with Crippen molar-refractivity contribution in [3.63, 3.8) is 0 Å². The number of amides is 1. The largest absolute Gasteiger partial charge is 0.350 e. The van der Waals surface area contributed by atoms with Crippen molar-refractivity contribution in [1.29, 1.82) is 0 Å². The number of hydrogen-bond donors (Lipinski definition) is 2. The summed E-state index contributed by atoms with van der Waals surface area (Å²) in [6.07, 6.45) is 3.45. The van der Waals surface area contributed by atoms with Crippen LogP contribution >= 0.6 is 23.2 Å². The zero-order chi connectivity index (χ0) is 31.8. The Labute approximate surface area is 275 Å². The molecular weight excluding hydrogens is 617 g/mol. The SMILES string of the molecule is C[C@@H](c1ccc(Cl)cc1)n1cnc(-c2ccccc2)c1-c1c(C(=O)N(N)c2ccnn2Cc2ccccc2)[nH]c2cc(Cl)ccc12. The molecule has 228 valence electrons. The van der Waals surface area contributed by atoms with Crippen LogP contribution < -0.4 is 10.9 Å². The molecule has 0 aliphatic rings. The van der Waals surface area contributed by atoms with Gasteiger partial charge in [-0.1, -0.05) is 102 Å². The van der Waals surface area contributed by atoms with Crippen LogP contribution in [0.25, 0.3) is 33.4 Å². The van der Waals surface area contributed by atoms with Crippen LogP contribution in [0.5, 0.6) is 0 Å². The molecule has 0 radical (unpaired) electrons. The zero-order valence-corrected chi connectivity index (χ0v) is 26.3. The van der Waals surface area contributed by atoms with Gasteiger partial charge in [0.05, 0.1) is 36.5 Å². The number of imidazole rings is 1. The summed E-state index contributed by atoms with van der Waals surface area (Å²) < 4.78 is 3.79. The van der Waals surface area contributed by atoms with Crippen LogP contribution in [0.3, 0.4) is 0 Å². The molecule has 7 aromatic rings. The molecule has 1 amide bonds. The van der Waals surface area contributed by atoms with Gasteiger partial charge in [0, 0.05) is 38.1 Å². The Bertz CT molecular complexity index is 2150. The monoisotopic (exact) mass is 645 g/mol. The minimum absolute atomic E-state index is 0.154. The normalized spacial score (nSPS) is 12.0. The molecule has 0 spiro atoms. The fraction of sp³-hybridized carbons (Fsp3) is 0.0833. The van der Waals surface area contributed by atoms with Gasteiger partial charge in [0.1, 0.15) is 11.5 Å². The number of H-pyrrole nitrogens is 1. The molecule has 0 aliphatic heterocycles. The lowest BCUT2D eigenvalue weighted by Crippen LogP contribution is -2.39. The van der Waals surface area contributed by atoms with Crippen molar-refractivity contribution in [2.45, 2.75) is 19.5 Å². The maximum absolute atomic E-state index is 14.5. The van der Waals surface area contributed by atoms with E-state index < -0.39 is 5.91 Å². The molecule has 10 heteroatoms. The van der Waals surface area contributed by atoms with Gasteiger partial charge in [0.15, 0.2) is 0 Å². The molecule has 3 N–H and O–H groups in total. The number of anilines is 1. The summed E-state index contributed by atoms with van der Waals surface area (Å²) >= 11 is 12.7. The third-order valence-corrected chi connectivity index (χ3v) is 8.64. The van der Waals surface area contributed by atoms with Crippen molar-refractivity contribution in [2.75, 3.05) is 5.01 Å². The van der Waals surface area contributed by atoms with Crippen LogP contribution in [0, 0.1) is 0 Å². The number of hydrogen-bond acceptors (Lipinski definition) is 4. The molecule has 1 atom stereocenters. The zero-order valence-electron chi connectivity index (χ0n) is 24.8. The molecule has 4 aromatic carbocycles. The van der Waals surface area contributed by atoms with Crippen molar-refractivity contribution in [1.82, 2.24) is 24.3 Å². The van der Waals surface area contributed by atoms with Crippen molar-refractivity contribution < 1.29 is 4.79 Å². The van der Waals surface area contributed by atoms with Gasteiger partial charge in [-0.15, -0.1) is 0 Å². The number of carbonyl (C=O) groups is 1. The molecule has 0 saturated heterocycles. The minimum atomic E-state index is -0.442. The van der Waals surface area contributed by atoms with E-state index in [1.165, 1.54) is 0 Å². The highest BCUT2D eigenvalue weighted by atomic mass is 35.5. The molecule has 3 aromatic heterocycles. The molecule has 46 heavy (non-hydrogen) atoms. The minimum Gasteiger partial charge on any atom is -0.350 e. The van der Waals surface area contributed by atoms with Gasteiger partial charge in [-0.2, -0.15) is 5.10 Å². The lowest BCUT2D eigenvalue weighted by Gasteiger charge is -2.21. The molecule has 3 heterocycles. The summed E-state index contributed by atoms with van der Waals surface area (Å²) in [6.45, 7) is 2.54. The molecule has 0 saturated carbocycles. The van der Waals surface area contributed by atoms with E-state index >= 15 is 0 Å². The molecule has 0 fully saturated rings. The molecular formula is C36H29Cl2N7O. The molecule has 0 aliphatic carbocycles. The summed E-state index contributed by atoms with van der Waals surface area (Å²) in [4.78, 5) is 22.8. The number of benzene rings is 4. The fourth-order valence-electron chi connectivity index (χ4n) is 5.82. The lowest BCUT2D eigenvalue weighted by atomic mass is 9.99. The third kappa shape index (κ3) is 5.47. The number of aromatic amines is 1. The van der Waals surface area contributed by atoms with Crippen LogP contribution in [0.1, 0.15) is 34.6 Å². The number of nitrogens with two attached hydrogens (primary N) is 1. The Morgan fingerprint density at radius 1 is 0.913 bits per heavy atom. The van der Waals surface area contributed by atoms with Gasteiger partial charge >= 0.3 is 0 Å². The van der Waals surface area contributed by atoms with Crippen LogP contribution in [0.15, 0.2) is 122 Å². The topological polar surface area (TPSA) is 97.8 Å². The summed E-state index contributed by atoms with van der Waals surface area (Å²) in [5.41, 5.74) is 6.12. The Hall–Kier alpha value is -5.15. The van der Waals surface area contributed by atoms with Gasteiger partial charge in [0.25, 0.3) is 5.91 Å². The van der Waals surface area contributed by atoms with E-state index in [4.69, 9.17) is 34.0 Å². The Kier molecular flexibility index (Phi) is 7.92. The van der Waals surface area contributed by atoms with E-state index in [1.807, 2.05) is 109 Å². The highest BCUT2D eigenvalue weighted by Gasteiger charge is 2.30. The summed E-state index contributed by atoms with van der Waals surface area (Å²) in [6, 6.07) is 34.6. The lowest BCUT2D eigenvalue weighted by molar-refractivity contribution is 0.0981. The highest BCUT2D eigenvalue weighted by Crippen LogP contribution is 2.41. The summed E-state index contributed by atoms with van der Waals surface area (Å²) in [5, 5.41) is 7.59. The first kappa shape index (κ1) is 29.6. The van der Waals surface area contributed by atoms with Gasteiger partial charge in [-0.3, -0.25) is 4.79 Å². The van der Waals surface area contributed by atoms with Gasteiger partial charge in [-0.05, 0) is 42.3 Å². The second-order valence-electron chi connectivity index (χ2n) is 11.0. The van der Waals surface area contributed by atoms with Crippen LogP contribution in [-0.4, -0.2) is 30.2 Å². The fourth-order valence-corrected chi connectivity index (χ4v) is 6.12. The summed E-state index contributed by atoms with van der Waals surface area (Å²) in [5.74, 6) is 6.64. The number of aromatic nitrogens is 5. The quantitative estimate of drug-likeness (QED) is 0.0985. The van der Waals surface area contributed by atoms with E-state index in [-0.39, 0.29) is 6.04 Å². The number of hydrazine groups is 1. The third-order valence-electron chi connectivity index (χ3n) is 8.16. The van der Waals surface area contributed by atoms with Crippen molar-refractivity contribution in [3.8, 4) is 22.5 Å². The highest BCUT2D eigenvalue weighted by molar-refractivity contribution is 6.31. The maximum atomic E-state index is 14.5. The van der Waals surface area contributed by atoms with Gasteiger partial charge < -0.3 is 9.55 Å². The number of fused-ring (bicyclic) bond motifs is 1. The predicted molar refractivity (Wildman–Crippen MR) is 184 cm³/mol. The van der Waals surface area contributed by atoms with E-state index in [9.17, 15) is 4.79 Å². The predicted octanol–water partition coefficient (Wildman–Crippen LogP) is 8.38. The number of rotatable bonds is 8. The number of halogens is 2. The first-order chi connectivity index (χ1) is 22.4. The van der Waals surface area contributed by atoms with E-state index in [0.29, 0.717) is 39.2 Å². The standard InChI is InChI=1S/C36H29Cl2N7O/c1-23(25-12-14-27(37)15-13-25)43-22-40-33(26-10-6-3-7-11-26)35(43)32-29-17-16-28(38)20-30(29)42-34(32)36(46)45(39)31-18-19-41-44(31)21-24-8-4-2-5-9-24/h2-20,22-23,42H,21,39H2,1H3/t23-/m0/s1. The average Bonchev–Trinajstić information content (AvgIpc) is 3.82. The molecule has 0 unspecified atom stereocenters. The maximum Gasteiger partial charge on any atom is 0.290 e. The average molecular weight is 647 g/mol. The summed E-state index contributed by atoms with van der Waals surface area (Å²) in [7, 11) is 0. The first-order valence-corrected chi connectivity index (χ1v) is 15.5. The number of nitrogens with zero attached hydrogens (tertiary/aromatic N) is 5. The van der Waals surface area contributed by atoms with Crippen LogP contribution in [0.2, 0.25) is 10.0 Å². The van der Waals surface area contributed by atoms with E-state index in [1.54, 1.807) is 16.9 Å². The van der Waals surface area contributed by atoms with Crippen molar-refractivity contribution >= 4 is 45.8 Å². The van der Waals surface area contributed by atoms with Crippen molar-refractivity contribution in [2.24, 2.45) is 5.84 Å². The Morgan fingerprint density at radius 2 is 1.61 bits per heavy atom. The van der Waals surface area contributed by atoms with Crippen LogP contribution in [0.4, 0.5) is 5.82 Å². The van der Waals surface area contributed by atoms with Crippen LogP contribution in [-0.2, 0) is 6.54 Å². The second-order valence-corrected chi connectivity index (χ2v) is 11.9. The number of nitrogens with one attached hydrogen (secondary N) is 1. The molecule has 8 nitrogen and oxygen atoms in total. The van der Waals surface area contributed by atoms with Crippen molar-refractivity contribution in [3.05, 3.63) is 149 Å². The smallest absolute Gasteiger partial charge is 0.290 e. The van der Waals surface area contributed by atoms with E-state index in [2.05, 4.69) is 21.6 Å². The van der Waals surface area contributed by atoms with E-state index in [0.717, 1.165) is 38.5 Å². The first-order valence-electron chi connectivity index (χ1n) is 14.7. The molecule has 0 bridgehead atoms. The Morgan fingerprint density at radius 3 is 2.35 bits per heavy atom. The molecule has 7 rings (SSSR count). The Balaban J connectivity index is 1.41.